The average Bonchev–Trinajstić information content (AvgIpc) is 3.25. The molecule has 4 heterocycles. The van der Waals surface area contributed by atoms with Gasteiger partial charge in [0, 0.05) is 29.4 Å². The molecule has 2 aromatic rings. The maximum Gasteiger partial charge on any atom is 0.262 e. The Balaban J connectivity index is 1.43. The van der Waals surface area contributed by atoms with Gasteiger partial charge < -0.3 is 14.2 Å². The lowest BCUT2D eigenvalue weighted by Crippen LogP contribution is -2.56. The molecule has 1 unspecified atom stereocenters. The van der Waals surface area contributed by atoms with Crippen molar-refractivity contribution >= 4 is 11.3 Å². The highest BCUT2D eigenvalue weighted by atomic mass is 32.1. The van der Waals surface area contributed by atoms with E-state index in [1.165, 1.54) is 10.4 Å². The molecule has 4 nitrogen and oxygen atoms in total. The third kappa shape index (κ3) is 2.30. The van der Waals surface area contributed by atoms with Gasteiger partial charge in [-0.05, 0) is 42.3 Å². The first kappa shape index (κ1) is 14.9. The summed E-state index contributed by atoms with van der Waals surface area (Å²) in [5.74, 6) is 0.844. The Labute approximate surface area is 145 Å². The molecule has 24 heavy (non-hydrogen) atoms. The zero-order chi connectivity index (χ0) is 16.0. The first-order chi connectivity index (χ1) is 11.9. The summed E-state index contributed by atoms with van der Waals surface area (Å²) < 4.78 is 17.8. The summed E-state index contributed by atoms with van der Waals surface area (Å²) in [5, 5.41) is 2.16. The van der Waals surface area contributed by atoms with Gasteiger partial charge in [0.15, 0.2) is 6.79 Å². The Kier molecular flexibility index (Phi) is 3.63. The van der Waals surface area contributed by atoms with E-state index in [0.717, 1.165) is 50.3 Å². The summed E-state index contributed by atoms with van der Waals surface area (Å²) >= 11 is 1.84. The monoisotopic (exact) mass is 343 g/mol. The molecule has 3 aliphatic heterocycles. The van der Waals surface area contributed by atoms with E-state index in [9.17, 15) is 0 Å². The molecule has 3 aliphatic rings. The van der Waals surface area contributed by atoms with E-state index in [1.807, 2.05) is 11.3 Å². The number of thiophene rings is 1. The number of fused-ring (bicyclic) bond motifs is 1. The molecule has 126 valence electrons. The van der Waals surface area contributed by atoms with Gasteiger partial charge in [0.05, 0.1) is 6.61 Å². The maximum absolute atomic E-state index is 6.00. The van der Waals surface area contributed by atoms with Crippen LogP contribution in [0.25, 0.3) is 0 Å². The molecule has 0 saturated carbocycles. The highest BCUT2D eigenvalue weighted by Crippen LogP contribution is 2.45. The second kappa shape index (κ2) is 5.85. The normalized spacial score (nSPS) is 25.8. The summed E-state index contributed by atoms with van der Waals surface area (Å²) in [5.41, 5.74) is 2.35. The zero-order valence-electron chi connectivity index (χ0n) is 13.6. The highest BCUT2D eigenvalue weighted by Gasteiger charge is 2.50. The standard InChI is InChI=1S/C19H21NO3S/c1-3-14-5-6-16(11-17(14)21-9-1)19(22-13-23-19)20-8-7-15(12-20)18-4-2-10-24-18/h2,4-6,10-11,15H,1,3,7-9,12-13H2. The Hall–Kier alpha value is -1.40. The van der Waals surface area contributed by atoms with Crippen LogP contribution in [0.2, 0.25) is 0 Å². The lowest BCUT2D eigenvalue weighted by atomic mass is 10.0. The zero-order valence-corrected chi connectivity index (χ0v) is 14.4. The molecule has 1 atom stereocenters. The number of aryl methyl sites for hydroxylation is 1. The number of ether oxygens (including phenoxy) is 3. The predicted molar refractivity (Wildman–Crippen MR) is 92.2 cm³/mol. The molecule has 0 radical (unpaired) electrons. The number of likely N-dealkylation sites (tertiary alicyclic amines) is 1. The van der Waals surface area contributed by atoms with Crippen molar-refractivity contribution in [3.05, 3.63) is 51.7 Å². The minimum Gasteiger partial charge on any atom is -0.493 e. The topological polar surface area (TPSA) is 30.9 Å². The van der Waals surface area contributed by atoms with E-state index in [1.54, 1.807) is 0 Å². The minimum atomic E-state index is -0.720. The fraction of sp³-hybridized carbons (Fsp3) is 0.474. The maximum atomic E-state index is 6.00. The summed E-state index contributed by atoms with van der Waals surface area (Å²) in [6, 6.07) is 10.8. The quantitative estimate of drug-likeness (QED) is 0.851. The van der Waals surface area contributed by atoms with E-state index in [2.05, 4.69) is 40.6 Å². The lowest BCUT2D eigenvalue weighted by Gasteiger charge is -2.47. The van der Waals surface area contributed by atoms with E-state index in [0.29, 0.717) is 12.7 Å². The largest absolute Gasteiger partial charge is 0.493 e. The molecule has 1 aromatic carbocycles. The van der Waals surface area contributed by atoms with Crippen LogP contribution in [0, 0.1) is 0 Å². The number of benzene rings is 1. The van der Waals surface area contributed by atoms with E-state index in [-0.39, 0.29) is 0 Å². The first-order valence-corrected chi connectivity index (χ1v) is 9.56. The summed E-state index contributed by atoms with van der Waals surface area (Å²) in [7, 11) is 0. The van der Waals surface area contributed by atoms with Crippen LogP contribution in [0.15, 0.2) is 35.7 Å². The van der Waals surface area contributed by atoms with Crippen molar-refractivity contribution < 1.29 is 14.2 Å². The van der Waals surface area contributed by atoms with Crippen LogP contribution in [0.1, 0.15) is 34.8 Å². The van der Waals surface area contributed by atoms with Gasteiger partial charge in [0.25, 0.3) is 5.91 Å². The molecular weight excluding hydrogens is 322 g/mol. The summed E-state index contributed by atoms with van der Waals surface area (Å²) in [6.07, 6.45) is 3.34. The van der Waals surface area contributed by atoms with Gasteiger partial charge in [0.1, 0.15) is 5.75 Å². The second-order valence-corrected chi connectivity index (χ2v) is 7.69. The predicted octanol–water partition coefficient (Wildman–Crippen LogP) is 3.68. The van der Waals surface area contributed by atoms with Crippen molar-refractivity contribution in [2.45, 2.75) is 31.1 Å². The molecular formula is C19H21NO3S. The Bertz CT molecular complexity index is 726. The fourth-order valence-corrected chi connectivity index (χ4v) is 4.88. The van der Waals surface area contributed by atoms with E-state index >= 15 is 0 Å². The third-order valence-electron chi connectivity index (χ3n) is 5.34. The minimum absolute atomic E-state index is 0.359. The number of hydrogen-bond donors (Lipinski definition) is 0. The molecule has 0 bridgehead atoms. The van der Waals surface area contributed by atoms with E-state index < -0.39 is 5.91 Å². The van der Waals surface area contributed by atoms with Gasteiger partial charge in [-0.25, -0.2) is 4.90 Å². The van der Waals surface area contributed by atoms with Crippen molar-refractivity contribution in [2.75, 3.05) is 26.5 Å². The van der Waals surface area contributed by atoms with Crippen LogP contribution in [-0.4, -0.2) is 31.4 Å². The van der Waals surface area contributed by atoms with Crippen molar-refractivity contribution in [3.8, 4) is 5.75 Å². The molecule has 2 fully saturated rings. The Morgan fingerprint density at radius 3 is 2.96 bits per heavy atom. The second-order valence-electron chi connectivity index (χ2n) is 6.71. The first-order valence-electron chi connectivity index (χ1n) is 8.68. The Morgan fingerprint density at radius 1 is 1.21 bits per heavy atom. The van der Waals surface area contributed by atoms with Gasteiger partial charge in [-0.3, -0.25) is 0 Å². The van der Waals surface area contributed by atoms with Crippen LogP contribution in [0.3, 0.4) is 0 Å². The van der Waals surface area contributed by atoms with Crippen LogP contribution in [0.5, 0.6) is 5.75 Å². The molecule has 5 rings (SSSR count). The van der Waals surface area contributed by atoms with Crippen LogP contribution in [0.4, 0.5) is 0 Å². The third-order valence-corrected chi connectivity index (χ3v) is 6.37. The van der Waals surface area contributed by atoms with E-state index in [4.69, 9.17) is 14.2 Å². The number of hydrogen-bond acceptors (Lipinski definition) is 5. The van der Waals surface area contributed by atoms with Crippen LogP contribution < -0.4 is 4.74 Å². The van der Waals surface area contributed by atoms with Crippen molar-refractivity contribution in [3.63, 3.8) is 0 Å². The molecule has 2 saturated heterocycles. The van der Waals surface area contributed by atoms with Gasteiger partial charge in [-0.1, -0.05) is 18.2 Å². The molecule has 1 aromatic heterocycles. The number of nitrogens with zero attached hydrogens (tertiary/aromatic N) is 1. The van der Waals surface area contributed by atoms with Crippen LogP contribution >= 0.6 is 11.3 Å². The van der Waals surface area contributed by atoms with Crippen molar-refractivity contribution in [1.29, 1.82) is 0 Å². The number of rotatable bonds is 3. The fourth-order valence-electron chi connectivity index (χ4n) is 4.02. The summed E-state index contributed by atoms with van der Waals surface area (Å²) in [4.78, 5) is 3.80. The van der Waals surface area contributed by atoms with Gasteiger partial charge in [-0.2, -0.15) is 0 Å². The molecule has 0 amide bonds. The molecule has 5 heteroatoms. The average molecular weight is 343 g/mol. The van der Waals surface area contributed by atoms with Gasteiger partial charge in [-0.15, -0.1) is 11.3 Å². The molecule has 0 spiro atoms. The SMILES string of the molecule is c1csc(C2CCN(C3(c4ccc5c(c4)OCCC5)OCO3)C2)c1. The van der Waals surface area contributed by atoms with Crippen molar-refractivity contribution in [1.82, 2.24) is 4.90 Å². The lowest BCUT2D eigenvalue weighted by molar-refractivity contribution is -0.465. The smallest absolute Gasteiger partial charge is 0.262 e. The molecule has 0 N–H and O–H groups in total. The van der Waals surface area contributed by atoms with Crippen LogP contribution in [-0.2, 0) is 21.8 Å². The molecule has 0 aliphatic carbocycles. The summed E-state index contributed by atoms with van der Waals surface area (Å²) in [6.45, 7) is 3.12. The van der Waals surface area contributed by atoms with Gasteiger partial charge >= 0.3 is 0 Å². The van der Waals surface area contributed by atoms with Gasteiger partial charge in [0.2, 0.25) is 0 Å². The highest BCUT2D eigenvalue weighted by molar-refractivity contribution is 7.10. The Morgan fingerprint density at radius 2 is 2.17 bits per heavy atom. The van der Waals surface area contributed by atoms with Crippen molar-refractivity contribution in [2.24, 2.45) is 0 Å².